The second-order valence-electron chi connectivity index (χ2n) is 7.69. The van der Waals surface area contributed by atoms with Crippen molar-refractivity contribution < 1.29 is 19.3 Å². The topological polar surface area (TPSA) is 48.0 Å². The van der Waals surface area contributed by atoms with E-state index in [4.69, 9.17) is 14.5 Å². The van der Waals surface area contributed by atoms with Crippen LogP contribution in [-0.4, -0.2) is 36.6 Å². The Morgan fingerprint density at radius 2 is 2.04 bits per heavy atom. The van der Waals surface area contributed by atoms with E-state index in [9.17, 15) is 4.79 Å². The number of nitrogens with zero attached hydrogens (tertiary/aromatic N) is 1. The van der Waals surface area contributed by atoms with Crippen molar-refractivity contribution >= 4 is 18.4 Å². The molecule has 5 aliphatic rings. The van der Waals surface area contributed by atoms with E-state index in [2.05, 4.69) is 4.90 Å². The van der Waals surface area contributed by atoms with Crippen molar-refractivity contribution in [2.75, 3.05) is 19.6 Å². The molecular formula is C19H24ClNO4. The van der Waals surface area contributed by atoms with Crippen LogP contribution in [0.25, 0.3) is 0 Å². The Balaban J connectivity index is 0.00000157. The van der Waals surface area contributed by atoms with E-state index in [-0.39, 0.29) is 24.5 Å². The van der Waals surface area contributed by atoms with Crippen LogP contribution in [0.4, 0.5) is 0 Å². The van der Waals surface area contributed by atoms with Gasteiger partial charge >= 0.3 is 5.97 Å². The van der Waals surface area contributed by atoms with Gasteiger partial charge in [-0.15, -0.1) is 12.4 Å². The maximum absolute atomic E-state index is 13.1. The molecule has 1 aromatic rings. The molecule has 0 aromatic heterocycles. The smallest absolute Gasteiger partial charge is 0.316 e. The molecule has 1 aliphatic carbocycles. The van der Waals surface area contributed by atoms with E-state index < -0.39 is 5.41 Å². The zero-order chi connectivity index (χ0) is 16.1. The van der Waals surface area contributed by atoms with Gasteiger partial charge in [-0.05, 0) is 56.3 Å². The molecule has 0 amide bonds. The average molecular weight is 366 g/mol. The van der Waals surface area contributed by atoms with Crippen LogP contribution in [0.3, 0.4) is 0 Å². The fraction of sp³-hybridized carbons (Fsp3) is 0.632. The molecule has 25 heavy (non-hydrogen) atoms. The molecule has 3 saturated heterocycles. The van der Waals surface area contributed by atoms with Gasteiger partial charge in [0.15, 0.2) is 5.75 Å². The maximum Gasteiger partial charge on any atom is 0.316 e. The second-order valence-corrected chi connectivity index (χ2v) is 7.69. The van der Waals surface area contributed by atoms with Crippen LogP contribution in [0.1, 0.15) is 43.2 Å². The summed E-state index contributed by atoms with van der Waals surface area (Å²) in [4.78, 5) is 25.7. The summed E-state index contributed by atoms with van der Waals surface area (Å²) in [6, 6.07) is 6.03. The molecule has 1 saturated carbocycles. The first kappa shape index (κ1) is 17.1. The van der Waals surface area contributed by atoms with Crippen molar-refractivity contribution in [2.24, 2.45) is 5.92 Å². The van der Waals surface area contributed by atoms with Crippen LogP contribution in [-0.2, 0) is 26.4 Å². The molecule has 5 nitrogen and oxygen atoms in total. The highest BCUT2D eigenvalue weighted by Gasteiger charge is 2.49. The summed E-state index contributed by atoms with van der Waals surface area (Å²) in [7, 11) is 0. The van der Waals surface area contributed by atoms with Crippen molar-refractivity contribution in [3.63, 3.8) is 0 Å². The lowest BCUT2D eigenvalue weighted by molar-refractivity contribution is -0.194. The predicted molar refractivity (Wildman–Crippen MR) is 93.7 cm³/mol. The fourth-order valence-corrected chi connectivity index (χ4v) is 4.64. The molecule has 136 valence electrons. The molecule has 1 aromatic carbocycles. The number of carbonyl (C=O) groups is 1. The molecule has 0 N–H and O–H groups in total. The fourth-order valence-electron chi connectivity index (χ4n) is 4.64. The quantitative estimate of drug-likeness (QED) is 0.608. The largest absolute Gasteiger partial charge is 0.460 e. The minimum atomic E-state index is -0.479. The van der Waals surface area contributed by atoms with Gasteiger partial charge < -0.3 is 9.62 Å². The number of esters is 1. The number of hydrogen-bond acceptors (Lipinski definition) is 5. The lowest BCUT2D eigenvalue weighted by atomic mass is 9.64. The van der Waals surface area contributed by atoms with Gasteiger partial charge in [0.25, 0.3) is 0 Å². The van der Waals surface area contributed by atoms with Gasteiger partial charge in [0.05, 0.1) is 5.41 Å². The predicted octanol–water partition coefficient (Wildman–Crippen LogP) is 2.99. The van der Waals surface area contributed by atoms with Gasteiger partial charge in [-0.3, -0.25) is 9.69 Å². The van der Waals surface area contributed by atoms with Crippen LogP contribution < -0.4 is 4.89 Å². The van der Waals surface area contributed by atoms with Gasteiger partial charge in [0.1, 0.15) is 12.7 Å². The molecule has 4 aliphatic heterocycles. The average Bonchev–Trinajstić information content (AvgIpc) is 3.03. The van der Waals surface area contributed by atoms with Crippen LogP contribution in [0.5, 0.6) is 5.75 Å². The third-order valence-electron chi connectivity index (χ3n) is 6.44. The summed E-state index contributed by atoms with van der Waals surface area (Å²) < 4.78 is 6.05. The van der Waals surface area contributed by atoms with Gasteiger partial charge in [0.2, 0.25) is 0 Å². The summed E-state index contributed by atoms with van der Waals surface area (Å²) in [6.45, 7) is 3.71. The van der Waals surface area contributed by atoms with Gasteiger partial charge in [-0.25, -0.2) is 0 Å². The number of benzene rings is 1. The van der Waals surface area contributed by atoms with E-state index in [0.29, 0.717) is 12.5 Å². The highest BCUT2D eigenvalue weighted by Crippen LogP contribution is 2.47. The number of ether oxygens (including phenoxy) is 1. The van der Waals surface area contributed by atoms with Crippen molar-refractivity contribution in [3.8, 4) is 5.75 Å². The first-order valence-corrected chi connectivity index (χ1v) is 9.11. The zero-order valence-corrected chi connectivity index (χ0v) is 15.1. The van der Waals surface area contributed by atoms with Gasteiger partial charge in [-0.2, -0.15) is 4.89 Å². The first-order valence-electron chi connectivity index (χ1n) is 9.11. The van der Waals surface area contributed by atoms with Gasteiger partial charge in [0, 0.05) is 12.1 Å². The monoisotopic (exact) mass is 365 g/mol. The summed E-state index contributed by atoms with van der Waals surface area (Å²) in [6.07, 6.45) is 5.21. The summed E-state index contributed by atoms with van der Waals surface area (Å²) in [5, 5.41) is 0. The number of fused-ring (bicyclic) bond motifs is 4. The van der Waals surface area contributed by atoms with Crippen molar-refractivity contribution in [2.45, 2.75) is 50.2 Å². The first-order chi connectivity index (χ1) is 11.7. The third-order valence-corrected chi connectivity index (χ3v) is 6.44. The molecule has 6 rings (SSSR count). The van der Waals surface area contributed by atoms with E-state index >= 15 is 0 Å². The molecule has 0 radical (unpaired) electrons. The maximum atomic E-state index is 13.1. The summed E-state index contributed by atoms with van der Waals surface area (Å²) >= 11 is 0. The van der Waals surface area contributed by atoms with E-state index in [1.54, 1.807) is 0 Å². The van der Waals surface area contributed by atoms with E-state index in [1.807, 2.05) is 18.2 Å². The van der Waals surface area contributed by atoms with Crippen LogP contribution >= 0.6 is 12.4 Å². The lowest BCUT2D eigenvalue weighted by Gasteiger charge is -2.46. The molecular weight excluding hydrogens is 342 g/mol. The van der Waals surface area contributed by atoms with Crippen LogP contribution in [0, 0.1) is 5.92 Å². The molecule has 1 atom stereocenters. The lowest BCUT2D eigenvalue weighted by Crippen LogP contribution is -2.54. The number of halogens is 1. The van der Waals surface area contributed by atoms with Crippen molar-refractivity contribution in [3.05, 3.63) is 29.3 Å². The Kier molecular flexibility index (Phi) is 4.42. The Labute approximate surface area is 153 Å². The second kappa shape index (κ2) is 6.45. The van der Waals surface area contributed by atoms with Gasteiger partial charge in [-0.1, -0.05) is 18.6 Å². The molecule has 2 bridgehead atoms. The molecule has 4 heterocycles. The highest BCUT2D eigenvalue weighted by atomic mass is 35.5. The summed E-state index contributed by atoms with van der Waals surface area (Å²) in [5.41, 5.74) is 1.58. The Morgan fingerprint density at radius 1 is 1.24 bits per heavy atom. The molecule has 6 heteroatoms. The zero-order valence-electron chi connectivity index (χ0n) is 14.2. The highest BCUT2D eigenvalue weighted by molar-refractivity contribution is 5.85. The number of carbonyl (C=O) groups excluding carboxylic acids is 1. The standard InChI is InChI=1S/C19H23NO4.ClH/c21-18(23-17-11-20-8-4-13(17)5-9-20)19(6-1-7-19)15-3-2-14-12-22-24-16(14)10-15;/h2-3,10,13,17H,1,4-9,11-12H2;1H. The van der Waals surface area contributed by atoms with E-state index in [1.165, 1.54) is 0 Å². The number of piperidine rings is 3. The molecule has 0 spiro atoms. The van der Waals surface area contributed by atoms with Crippen molar-refractivity contribution in [1.29, 1.82) is 0 Å². The van der Waals surface area contributed by atoms with Crippen LogP contribution in [0.15, 0.2) is 18.2 Å². The normalized spacial score (nSPS) is 31.3. The number of hydrogen-bond donors (Lipinski definition) is 0. The Bertz CT molecular complexity index is 667. The summed E-state index contributed by atoms with van der Waals surface area (Å²) in [5.74, 6) is 1.26. The minimum Gasteiger partial charge on any atom is -0.460 e. The van der Waals surface area contributed by atoms with Crippen LogP contribution in [0.2, 0.25) is 0 Å². The number of rotatable bonds is 3. The minimum absolute atomic E-state index is 0. The third kappa shape index (κ3) is 2.73. The SMILES string of the molecule is Cl.O=C(OC1CN2CCC1CC2)C1(c2ccc3c(c2)OOC3)CCC1. The van der Waals surface area contributed by atoms with Crippen molar-refractivity contribution in [1.82, 2.24) is 4.90 Å². The van der Waals surface area contributed by atoms with E-state index in [0.717, 1.165) is 68.6 Å². The Morgan fingerprint density at radius 3 is 2.68 bits per heavy atom. The Hall–Kier alpha value is -1.30. The molecule has 4 fully saturated rings. The molecule has 1 unspecified atom stereocenters.